The van der Waals surface area contributed by atoms with Crippen molar-refractivity contribution in [1.29, 1.82) is 0 Å². The number of esters is 1. The molecule has 0 amide bonds. The lowest BCUT2D eigenvalue weighted by atomic mass is 10.2. The Balaban J connectivity index is 1.97. The van der Waals surface area contributed by atoms with Crippen LogP contribution in [0.2, 0.25) is 0 Å². The number of fused-ring (bicyclic) bond motifs is 1. The van der Waals surface area contributed by atoms with E-state index in [9.17, 15) is 9.59 Å². The Morgan fingerprint density at radius 2 is 2.26 bits per heavy atom. The van der Waals surface area contributed by atoms with Gasteiger partial charge in [0.15, 0.2) is 11.9 Å². The molecule has 3 aromatic rings. The van der Waals surface area contributed by atoms with E-state index in [1.54, 1.807) is 18.3 Å². The van der Waals surface area contributed by atoms with E-state index in [0.717, 1.165) is 10.4 Å². The molecule has 1 N–H and O–H groups in total. The maximum Gasteiger partial charge on any atom is 0.332 e. The smallest absolute Gasteiger partial charge is 0.332 e. The Morgan fingerprint density at radius 3 is 2.96 bits per heavy atom. The number of hydrogen-bond acceptors (Lipinski definition) is 7. The van der Waals surface area contributed by atoms with Crippen molar-refractivity contribution in [3.63, 3.8) is 0 Å². The predicted octanol–water partition coefficient (Wildman–Crippen LogP) is 2.96. The number of thiophene rings is 2. The summed E-state index contributed by atoms with van der Waals surface area (Å²) < 4.78 is 9.89. The molecule has 8 heteroatoms. The molecule has 6 nitrogen and oxygen atoms in total. The fourth-order valence-electron chi connectivity index (χ4n) is 2.18. The van der Waals surface area contributed by atoms with Gasteiger partial charge in [-0.3, -0.25) is 4.79 Å². The fourth-order valence-corrected chi connectivity index (χ4v) is 3.95. The topological polar surface area (TPSA) is 81.3 Å². The molecule has 0 spiro atoms. The van der Waals surface area contributed by atoms with Gasteiger partial charge in [0, 0.05) is 22.9 Å². The molecule has 0 aliphatic carbocycles. The van der Waals surface area contributed by atoms with Crippen LogP contribution in [0.25, 0.3) is 20.7 Å². The minimum atomic E-state index is -0.651. The highest BCUT2D eigenvalue weighted by atomic mass is 32.1. The summed E-state index contributed by atoms with van der Waals surface area (Å²) in [5.74, 6) is -0.181. The highest BCUT2D eigenvalue weighted by molar-refractivity contribution is 7.18. The molecular weight excluding hydrogens is 336 g/mol. The molecular formula is C15H14N2O4S2. The van der Waals surface area contributed by atoms with Crippen molar-refractivity contribution < 1.29 is 14.3 Å². The van der Waals surface area contributed by atoms with Crippen LogP contribution in [0.1, 0.15) is 18.9 Å². The quantitative estimate of drug-likeness (QED) is 0.716. The van der Waals surface area contributed by atoms with Crippen molar-refractivity contribution in [2.45, 2.75) is 13.0 Å². The number of nitrogens with one attached hydrogen (secondary N) is 1. The Hall–Kier alpha value is -2.03. The van der Waals surface area contributed by atoms with E-state index in [0.29, 0.717) is 16.0 Å². The van der Waals surface area contributed by atoms with E-state index in [4.69, 9.17) is 9.47 Å². The van der Waals surface area contributed by atoms with Crippen molar-refractivity contribution in [3.05, 3.63) is 39.1 Å². The first-order valence-corrected chi connectivity index (χ1v) is 8.59. The third-order valence-electron chi connectivity index (χ3n) is 3.20. The summed E-state index contributed by atoms with van der Waals surface area (Å²) in [6.45, 7) is 1.52. The molecule has 1 atom stereocenters. The van der Waals surface area contributed by atoms with Gasteiger partial charge in [-0.15, -0.1) is 22.7 Å². The first kappa shape index (κ1) is 15.9. The Kier molecular flexibility index (Phi) is 4.56. The number of aromatic amines is 1. The van der Waals surface area contributed by atoms with Crippen LogP contribution in [0.15, 0.2) is 27.7 Å². The molecule has 0 saturated heterocycles. The van der Waals surface area contributed by atoms with Crippen LogP contribution >= 0.6 is 22.7 Å². The van der Waals surface area contributed by atoms with Crippen LogP contribution in [0, 0.1) is 0 Å². The number of ether oxygens (including phenoxy) is 2. The van der Waals surface area contributed by atoms with Crippen molar-refractivity contribution in [1.82, 2.24) is 9.97 Å². The van der Waals surface area contributed by atoms with Gasteiger partial charge in [-0.2, -0.15) is 0 Å². The normalized spacial score (nSPS) is 12.4. The van der Waals surface area contributed by atoms with Gasteiger partial charge in [-0.05, 0) is 18.4 Å². The monoisotopic (exact) mass is 350 g/mol. The van der Waals surface area contributed by atoms with E-state index < -0.39 is 12.1 Å². The Bertz CT molecular complexity index is 883. The van der Waals surface area contributed by atoms with Gasteiger partial charge in [0.25, 0.3) is 5.56 Å². The largest absolute Gasteiger partial charge is 0.453 e. The summed E-state index contributed by atoms with van der Waals surface area (Å²) in [7, 11) is 1.41. The second-order valence-electron chi connectivity index (χ2n) is 4.82. The molecule has 0 radical (unpaired) electrons. The molecule has 0 aliphatic heterocycles. The summed E-state index contributed by atoms with van der Waals surface area (Å²) in [5, 5.41) is 4.45. The summed E-state index contributed by atoms with van der Waals surface area (Å²) in [6.07, 6.45) is -0.651. The molecule has 3 rings (SSSR count). The van der Waals surface area contributed by atoms with Crippen molar-refractivity contribution >= 4 is 38.9 Å². The lowest BCUT2D eigenvalue weighted by Gasteiger charge is -2.12. The number of aromatic nitrogens is 2. The number of H-pyrrole nitrogens is 1. The van der Waals surface area contributed by atoms with E-state index in [1.165, 1.54) is 18.4 Å². The second-order valence-corrected chi connectivity index (χ2v) is 6.63. The molecule has 0 aromatic carbocycles. The standard InChI is InChI=1S/C15H14N2O4S2/c1-8(21-11(18)6-20-2)13-16-14(19)12-9(7-23-15(12)17-13)10-4-3-5-22-10/h3-5,7-8H,6H2,1-2H3,(H,16,17,19)/t8-/m1/s1. The minimum Gasteiger partial charge on any atom is -0.453 e. The van der Waals surface area contributed by atoms with Crippen LogP contribution in [0.4, 0.5) is 0 Å². The van der Waals surface area contributed by atoms with Crippen LogP contribution in [-0.2, 0) is 14.3 Å². The summed E-state index contributed by atoms with van der Waals surface area (Å²) in [5.41, 5.74) is 0.647. The molecule has 3 aromatic heterocycles. The van der Waals surface area contributed by atoms with Gasteiger partial charge < -0.3 is 14.5 Å². The van der Waals surface area contributed by atoms with E-state index in [2.05, 4.69) is 9.97 Å². The molecule has 120 valence electrons. The van der Waals surface area contributed by atoms with Gasteiger partial charge in [-0.1, -0.05) is 6.07 Å². The first-order valence-electron chi connectivity index (χ1n) is 6.84. The third-order valence-corrected chi connectivity index (χ3v) is 4.98. The summed E-state index contributed by atoms with van der Waals surface area (Å²) >= 11 is 2.97. The van der Waals surface area contributed by atoms with Crippen LogP contribution in [0.5, 0.6) is 0 Å². The van der Waals surface area contributed by atoms with Gasteiger partial charge in [0.2, 0.25) is 0 Å². The molecule has 3 heterocycles. The first-order chi connectivity index (χ1) is 11.1. The van der Waals surface area contributed by atoms with E-state index in [1.807, 2.05) is 22.9 Å². The van der Waals surface area contributed by atoms with Gasteiger partial charge >= 0.3 is 5.97 Å². The van der Waals surface area contributed by atoms with Gasteiger partial charge in [-0.25, -0.2) is 9.78 Å². The fraction of sp³-hybridized carbons (Fsp3) is 0.267. The highest BCUT2D eigenvalue weighted by Gasteiger charge is 2.18. The molecule has 0 bridgehead atoms. The Labute approximate surface area is 139 Å². The average Bonchev–Trinajstić information content (AvgIpc) is 3.15. The summed E-state index contributed by atoms with van der Waals surface area (Å²) in [6, 6.07) is 3.91. The molecule has 0 aliphatic rings. The molecule has 0 fully saturated rings. The lowest BCUT2D eigenvalue weighted by molar-refractivity contribution is -0.153. The number of carbonyl (C=O) groups is 1. The average molecular weight is 350 g/mol. The van der Waals surface area contributed by atoms with Gasteiger partial charge in [0.1, 0.15) is 11.4 Å². The van der Waals surface area contributed by atoms with Gasteiger partial charge in [0.05, 0.1) is 5.39 Å². The number of hydrogen-bond donors (Lipinski definition) is 1. The van der Waals surface area contributed by atoms with Crippen molar-refractivity contribution in [3.8, 4) is 10.4 Å². The zero-order valence-electron chi connectivity index (χ0n) is 12.5. The number of nitrogens with zero attached hydrogens (tertiary/aromatic N) is 1. The molecule has 23 heavy (non-hydrogen) atoms. The van der Waals surface area contributed by atoms with Crippen molar-refractivity contribution in [2.75, 3.05) is 13.7 Å². The van der Waals surface area contributed by atoms with Crippen molar-refractivity contribution in [2.24, 2.45) is 0 Å². The zero-order valence-corrected chi connectivity index (χ0v) is 14.1. The number of methoxy groups -OCH3 is 1. The SMILES string of the molecule is COCC(=O)O[C@H](C)c1nc2scc(-c3cccs3)c2c(=O)[nH]1. The molecule has 0 unspecified atom stereocenters. The summed E-state index contributed by atoms with van der Waals surface area (Å²) in [4.78, 5) is 32.7. The molecule has 0 saturated carbocycles. The number of carbonyl (C=O) groups excluding carboxylic acids is 1. The second kappa shape index (κ2) is 6.61. The lowest BCUT2D eigenvalue weighted by Crippen LogP contribution is -2.19. The minimum absolute atomic E-state index is 0.141. The van der Waals surface area contributed by atoms with Crippen LogP contribution in [0.3, 0.4) is 0 Å². The van der Waals surface area contributed by atoms with E-state index in [-0.39, 0.29) is 12.2 Å². The van der Waals surface area contributed by atoms with Crippen LogP contribution in [-0.4, -0.2) is 29.7 Å². The number of rotatable bonds is 5. The maximum atomic E-state index is 12.4. The maximum absolute atomic E-state index is 12.4. The Morgan fingerprint density at radius 1 is 1.43 bits per heavy atom. The zero-order chi connectivity index (χ0) is 16.4. The van der Waals surface area contributed by atoms with E-state index >= 15 is 0 Å². The third kappa shape index (κ3) is 3.19. The van der Waals surface area contributed by atoms with Crippen LogP contribution < -0.4 is 5.56 Å². The highest BCUT2D eigenvalue weighted by Crippen LogP contribution is 2.33. The predicted molar refractivity (Wildman–Crippen MR) is 89.9 cm³/mol.